The van der Waals surface area contributed by atoms with E-state index in [-0.39, 0.29) is 11.8 Å². The maximum absolute atomic E-state index is 11.0. The lowest BCUT2D eigenvalue weighted by Gasteiger charge is -2.03. The van der Waals surface area contributed by atoms with Gasteiger partial charge in [-0.1, -0.05) is 12.2 Å². The lowest BCUT2D eigenvalue weighted by molar-refractivity contribution is -0.117. The largest absolute Gasteiger partial charge is 0.353 e. The van der Waals surface area contributed by atoms with Crippen molar-refractivity contribution in [2.75, 3.05) is 13.1 Å². The molecule has 2 N–H and O–H groups in total. The fourth-order valence-corrected chi connectivity index (χ4v) is 1.09. The predicted molar refractivity (Wildman–Crippen MR) is 64.9 cm³/mol. The average molecular weight is 224 g/mol. The SMILES string of the molecule is C/C=C/C(=O)NCCCCNC(=O)/C=C/C. The first-order valence-electron chi connectivity index (χ1n) is 5.51. The summed E-state index contributed by atoms with van der Waals surface area (Å²) in [5.74, 6) is -0.138. The van der Waals surface area contributed by atoms with Gasteiger partial charge in [-0.3, -0.25) is 9.59 Å². The average Bonchev–Trinajstić information content (AvgIpc) is 2.24. The Bertz CT molecular complexity index is 242. The minimum Gasteiger partial charge on any atom is -0.353 e. The van der Waals surface area contributed by atoms with E-state index < -0.39 is 0 Å². The monoisotopic (exact) mass is 224 g/mol. The summed E-state index contributed by atoms with van der Waals surface area (Å²) in [6, 6.07) is 0. The van der Waals surface area contributed by atoms with Gasteiger partial charge >= 0.3 is 0 Å². The number of hydrogen-bond donors (Lipinski definition) is 2. The van der Waals surface area contributed by atoms with Gasteiger partial charge in [0.2, 0.25) is 11.8 Å². The van der Waals surface area contributed by atoms with Crippen molar-refractivity contribution in [1.82, 2.24) is 10.6 Å². The molecule has 0 rings (SSSR count). The van der Waals surface area contributed by atoms with E-state index in [1.807, 2.05) is 0 Å². The van der Waals surface area contributed by atoms with E-state index in [4.69, 9.17) is 0 Å². The molecule has 0 spiro atoms. The van der Waals surface area contributed by atoms with Crippen LogP contribution in [0.4, 0.5) is 0 Å². The van der Waals surface area contributed by atoms with Crippen molar-refractivity contribution in [3.63, 3.8) is 0 Å². The fraction of sp³-hybridized carbons (Fsp3) is 0.500. The van der Waals surface area contributed by atoms with Gasteiger partial charge in [0, 0.05) is 13.1 Å². The van der Waals surface area contributed by atoms with Crippen molar-refractivity contribution in [3.8, 4) is 0 Å². The van der Waals surface area contributed by atoms with Crippen LogP contribution in [0.2, 0.25) is 0 Å². The summed E-state index contributed by atoms with van der Waals surface area (Å²) in [4.78, 5) is 22.0. The number of nitrogens with one attached hydrogen (secondary N) is 2. The minimum atomic E-state index is -0.0690. The third kappa shape index (κ3) is 8.99. The van der Waals surface area contributed by atoms with Crippen LogP contribution in [-0.2, 0) is 9.59 Å². The van der Waals surface area contributed by atoms with E-state index in [0.717, 1.165) is 12.8 Å². The highest BCUT2D eigenvalue weighted by Gasteiger charge is 1.95. The van der Waals surface area contributed by atoms with Crippen LogP contribution in [-0.4, -0.2) is 24.9 Å². The molecule has 16 heavy (non-hydrogen) atoms. The molecular weight excluding hydrogens is 204 g/mol. The molecule has 2 amide bonds. The summed E-state index contributed by atoms with van der Waals surface area (Å²) in [5, 5.41) is 5.49. The topological polar surface area (TPSA) is 58.2 Å². The van der Waals surface area contributed by atoms with Crippen LogP contribution < -0.4 is 10.6 Å². The zero-order valence-electron chi connectivity index (χ0n) is 9.95. The van der Waals surface area contributed by atoms with Gasteiger partial charge in [0.05, 0.1) is 0 Å². The van der Waals surface area contributed by atoms with Gasteiger partial charge in [0.15, 0.2) is 0 Å². The van der Waals surface area contributed by atoms with Gasteiger partial charge in [-0.05, 0) is 38.8 Å². The smallest absolute Gasteiger partial charge is 0.243 e. The molecule has 0 saturated heterocycles. The number of hydrogen-bond acceptors (Lipinski definition) is 2. The van der Waals surface area contributed by atoms with Gasteiger partial charge in [0.1, 0.15) is 0 Å². The van der Waals surface area contributed by atoms with Crippen molar-refractivity contribution < 1.29 is 9.59 Å². The quantitative estimate of drug-likeness (QED) is 0.503. The Labute approximate surface area is 96.8 Å². The number of allylic oxidation sites excluding steroid dienone is 2. The fourth-order valence-electron chi connectivity index (χ4n) is 1.09. The summed E-state index contributed by atoms with van der Waals surface area (Å²) < 4.78 is 0. The molecule has 0 fully saturated rings. The number of rotatable bonds is 7. The van der Waals surface area contributed by atoms with Crippen LogP contribution in [0, 0.1) is 0 Å². The molecule has 0 bridgehead atoms. The van der Waals surface area contributed by atoms with Crippen molar-refractivity contribution in [3.05, 3.63) is 24.3 Å². The Balaban J connectivity index is 3.34. The van der Waals surface area contributed by atoms with E-state index in [1.54, 1.807) is 26.0 Å². The van der Waals surface area contributed by atoms with Crippen LogP contribution >= 0.6 is 0 Å². The molecule has 0 aromatic carbocycles. The molecule has 4 nitrogen and oxygen atoms in total. The van der Waals surface area contributed by atoms with Crippen molar-refractivity contribution in [1.29, 1.82) is 0 Å². The zero-order chi connectivity index (χ0) is 12.2. The number of carbonyl (C=O) groups is 2. The minimum absolute atomic E-state index is 0.0690. The van der Waals surface area contributed by atoms with Crippen LogP contribution in [0.5, 0.6) is 0 Å². The Morgan fingerprint density at radius 1 is 0.875 bits per heavy atom. The van der Waals surface area contributed by atoms with Crippen molar-refractivity contribution in [2.24, 2.45) is 0 Å². The molecule has 90 valence electrons. The summed E-state index contributed by atoms with van der Waals surface area (Å²) in [7, 11) is 0. The van der Waals surface area contributed by atoms with E-state index in [1.165, 1.54) is 12.2 Å². The number of carbonyl (C=O) groups excluding carboxylic acids is 2. The van der Waals surface area contributed by atoms with Gasteiger partial charge in [0.25, 0.3) is 0 Å². The zero-order valence-corrected chi connectivity index (χ0v) is 9.95. The normalized spacial score (nSPS) is 10.9. The summed E-state index contributed by atoms with van der Waals surface area (Å²) in [5.41, 5.74) is 0. The Morgan fingerprint density at radius 3 is 1.56 bits per heavy atom. The molecule has 0 aromatic heterocycles. The Hall–Kier alpha value is -1.58. The van der Waals surface area contributed by atoms with Gasteiger partial charge in [-0.2, -0.15) is 0 Å². The lowest BCUT2D eigenvalue weighted by atomic mass is 10.3. The first kappa shape index (κ1) is 14.4. The third-order valence-corrected chi connectivity index (χ3v) is 1.84. The molecule has 0 aromatic rings. The second kappa shape index (κ2) is 9.96. The standard InChI is InChI=1S/C12H20N2O2/c1-3-7-11(15)13-9-5-6-10-14-12(16)8-4-2/h3-4,7-8H,5-6,9-10H2,1-2H3,(H,13,15)(H,14,16)/b7-3+,8-4+. The first-order valence-corrected chi connectivity index (χ1v) is 5.51. The van der Waals surface area contributed by atoms with E-state index >= 15 is 0 Å². The highest BCUT2D eigenvalue weighted by molar-refractivity contribution is 5.87. The molecular formula is C12H20N2O2. The van der Waals surface area contributed by atoms with E-state index in [2.05, 4.69) is 10.6 Å². The molecule has 0 unspecified atom stereocenters. The second-order valence-electron chi connectivity index (χ2n) is 3.29. The molecule has 0 heterocycles. The van der Waals surface area contributed by atoms with Gasteiger partial charge in [-0.15, -0.1) is 0 Å². The summed E-state index contributed by atoms with van der Waals surface area (Å²) in [6.45, 7) is 4.89. The van der Waals surface area contributed by atoms with Gasteiger partial charge < -0.3 is 10.6 Å². The van der Waals surface area contributed by atoms with E-state index in [0.29, 0.717) is 13.1 Å². The summed E-state index contributed by atoms with van der Waals surface area (Å²) >= 11 is 0. The second-order valence-corrected chi connectivity index (χ2v) is 3.29. The van der Waals surface area contributed by atoms with Crippen molar-refractivity contribution in [2.45, 2.75) is 26.7 Å². The maximum Gasteiger partial charge on any atom is 0.243 e. The van der Waals surface area contributed by atoms with Crippen LogP contribution in [0.15, 0.2) is 24.3 Å². The van der Waals surface area contributed by atoms with Crippen LogP contribution in [0.25, 0.3) is 0 Å². The Kier molecular flexibility index (Phi) is 8.97. The first-order chi connectivity index (χ1) is 7.70. The predicted octanol–water partition coefficient (Wildman–Crippen LogP) is 1.15. The highest BCUT2D eigenvalue weighted by atomic mass is 16.2. The molecule has 4 heteroatoms. The lowest BCUT2D eigenvalue weighted by Crippen LogP contribution is -2.25. The maximum atomic E-state index is 11.0. The molecule has 0 aliphatic rings. The van der Waals surface area contributed by atoms with Gasteiger partial charge in [-0.25, -0.2) is 0 Å². The highest BCUT2D eigenvalue weighted by Crippen LogP contribution is 1.85. The molecule has 0 aliphatic heterocycles. The molecule has 0 radical (unpaired) electrons. The molecule has 0 aliphatic carbocycles. The van der Waals surface area contributed by atoms with Crippen LogP contribution in [0.1, 0.15) is 26.7 Å². The third-order valence-electron chi connectivity index (χ3n) is 1.84. The molecule has 0 saturated carbocycles. The number of unbranched alkanes of at least 4 members (excludes halogenated alkanes) is 1. The van der Waals surface area contributed by atoms with Crippen molar-refractivity contribution >= 4 is 11.8 Å². The summed E-state index contributed by atoms with van der Waals surface area (Å²) in [6.07, 6.45) is 8.11. The molecule has 0 atom stereocenters. The van der Waals surface area contributed by atoms with E-state index in [9.17, 15) is 9.59 Å². The number of amides is 2. The van der Waals surface area contributed by atoms with Crippen LogP contribution in [0.3, 0.4) is 0 Å². The Morgan fingerprint density at radius 2 is 1.25 bits per heavy atom.